The average Bonchev–Trinajstić information content (AvgIpc) is 3.10. The highest BCUT2D eigenvalue weighted by Crippen LogP contribution is 2.29. The van der Waals surface area contributed by atoms with Crippen molar-refractivity contribution in [1.82, 2.24) is 9.88 Å². The summed E-state index contributed by atoms with van der Waals surface area (Å²) in [4.78, 5) is 6.69. The Balaban J connectivity index is 1.83. The van der Waals surface area contributed by atoms with E-state index in [0.717, 1.165) is 11.3 Å². The van der Waals surface area contributed by atoms with E-state index in [1.807, 2.05) is 25.1 Å². The van der Waals surface area contributed by atoms with Crippen molar-refractivity contribution < 1.29 is 12.8 Å². The zero-order valence-electron chi connectivity index (χ0n) is 14.1. The molecule has 0 unspecified atom stereocenters. The molecule has 0 aliphatic carbocycles. The molecule has 134 valence electrons. The maximum Gasteiger partial charge on any atom is 0.228 e. The fraction of sp³-hybridized carbons (Fsp3) is 0.389. The molecule has 0 bridgehead atoms. The van der Waals surface area contributed by atoms with Crippen LogP contribution in [0.3, 0.4) is 0 Å². The Labute approximate surface area is 153 Å². The van der Waals surface area contributed by atoms with Crippen LogP contribution in [-0.2, 0) is 16.4 Å². The van der Waals surface area contributed by atoms with Crippen LogP contribution in [0.15, 0.2) is 41.3 Å². The van der Waals surface area contributed by atoms with Crippen LogP contribution < -0.4 is 0 Å². The molecule has 0 amide bonds. The lowest BCUT2D eigenvalue weighted by Gasteiger charge is -2.25. The van der Waals surface area contributed by atoms with E-state index in [-0.39, 0.29) is 17.5 Å². The Morgan fingerprint density at radius 2 is 2.20 bits per heavy atom. The molecule has 1 aromatic heterocycles. The van der Waals surface area contributed by atoms with E-state index in [9.17, 15) is 8.42 Å². The van der Waals surface area contributed by atoms with Crippen LogP contribution in [0.2, 0.25) is 5.02 Å². The van der Waals surface area contributed by atoms with Crippen molar-refractivity contribution in [2.45, 2.75) is 25.9 Å². The quantitative estimate of drug-likeness (QED) is 0.718. The number of rotatable bonds is 6. The minimum Gasteiger partial charge on any atom is -0.441 e. The van der Waals surface area contributed by atoms with E-state index in [1.54, 1.807) is 12.1 Å². The van der Waals surface area contributed by atoms with Crippen LogP contribution in [0.25, 0.3) is 11.5 Å². The Bertz CT molecular complexity index is 876. The zero-order valence-corrected chi connectivity index (χ0v) is 15.7. The standard InChI is InChI=1S/C18H21ClN2O3S/c1-3-9-21(14-8-10-25(22,23)12-14)11-17-13(2)24-18(20-17)15-6-4-5-7-16(15)19/h3-7,14H,1,8-12H2,2H3/t14-/m1/s1. The van der Waals surface area contributed by atoms with Gasteiger partial charge in [0.05, 0.1) is 27.8 Å². The van der Waals surface area contributed by atoms with Crippen molar-refractivity contribution in [3.63, 3.8) is 0 Å². The second-order valence-corrected chi connectivity index (χ2v) is 8.91. The van der Waals surface area contributed by atoms with Gasteiger partial charge >= 0.3 is 0 Å². The molecule has 1 atom stereocenters. The van der Waals surface area contributed by atoms with Gasteiger partial charge in [-0.25, -0.2) is 13.4 Å². The second kappa shape index (κ2) is 7.32. The average molecular weight is 381 g/mol. The van der Waals surface area contributed by atoms with Crippen LogP contribution in [0.1, 0.15) is 17.9 Å². The Kier molecular flexibility index (Phi) is 5.32. The number of aryl methyl sites for hydroxylation is 1. The molecule has 1 aliphatic heterocycles. The van der Waals surface area contributed by atoms with Crippen LogP contribution in [0, 0.1) is 6.92 Å². The molecule has 1 aromatic carbocycles. The van der Waals surface area contributed by atoms with Crippen molar-refractivity contribution in [2.24, 2.45) is 0 Å². The topological polar surface area (TPSA) is 63.4 Å². The molecule has 25 heavy (non-hydrogen) atoms. The molecule has 0 saturated carbocycles. The summed E-state index contributed by atoms with van der Waals surface area (Å²) in [6, 6.07) is 7.39. The van der Waals surface area contributed by atoms with Crippen LogP contribution in [0.5, 0.6) is 0 Å². The summed E-state index contributed by atoms with van der Waals surface area (Å²) in [5, 5.41) is 0.583. The van der Waals surface area contributed by atoms with Gasteiger partial charge in [0.15, 0.2) is 9.84 Å². The molecule has 1 aliphatic rings. The smallest absolute Gasteiger partial charge is 0.228 e. The third-order valence-corrected chi connectivity index (χ3v) is 6.52. The molecular weight excluding hydrogens is 360 g/mol. The zero-order chi connectivity index (χ0) is 18.0. The summed E-state index contributed by atoms with van der Waals surface area (Å²) in [5.41, 5.74) is 1.54. The van der Waals surface area contributed by atoms with Gasteiger partial charge in [0, 0.05) is 19.1 Å². The monoisotopic (exact) mass is 380 g/mol. The highest BCUT2D eigenvalue weighted by Gasteiger charge is 2.32. The maximum atomic E-state index is 11.8. The van der Waals surface area contributed by atoms with Crippen molar-refractivity contribution in [3.8, 4) is 11.5 Å². The number of sulfone groups is 1. The number of halogens is 1. The summed E-state index contributed by atoms with van der Waals surface area (Å²) < 4.78 is 29.4. The number of oxazole rings is 1. The van der Waals surface area contributed by atoms with Gasteiger partial charge in [-0.3, -0.25) is 4.90 Å². The van der Waals surface area contributed by atoms with Gasteiger partial charge in [-0.1, -0.05) is 29.8 Å². The van der Waals surface area contributed by atoms with Crippen molar-refractivity contribution in [2.75, 3.05) is 18.1 Å². The molecule has 7 heteroatoms. The summed E-state index contributed by atoms with van der Waals surface area (Å²) in [7, 11) is -2.94. The largest absolute Gasteiger partial charge is 0.441 e. The first-order valence-electron chi connectivity index (χ1n) is 8.16. The van der Waals surface area contributed by atoms with Crippen molar-refractivity contribution in [1.29, 1.82) is 0 Å². The van der Waals surface area contributed by atoms with Crippen LogP contribution in [-0.4, -0.2) is 42.4 Å². The number of aromatic nitrogens is 1. The lowest BCUT2D eigenvalue weighted by Crippen LogP contribution is -2.36. The van der Waals surface area contributed by atoms with E-state index >= 15 is 0 Å². The SMILES string of the molecule is C=CCN(Cc1nc(-c2ccccc2Cl)oc1C)[C@@H]1CCS(=O)(=O)C1. The predicted octanol–water partition coefficient (Wildman–Crippen LogP) is 3.48. The normalized spacial score (nSPS) is 19.4. The van der Waals surface area contributed by atoms with E-state index in [1.165, 1.54) is 0 Å². The molecule has 5 nitrogen and oxygen atoms in total. The molecule has 2 aromatic rings. The minimum atomic E-state index is -2.94. The summed E-state index contributed by atoms with van der Waals surface area (Å²) in [6.45, 7) is 6.77. The first-order chi connectivity index (χ1) is 11.9. The third kappa shape index (κ3) is 4.14. The maximum absolute atomic E-state index is 11.8. The van der Waals surface area contributed by atoms with E-state index in [2.05, 4.69) is 16.5 Å². The fourth-order valence-electron chi connectivity index (χ4n) is 3.09. The summed E-state index contributed by atoms with van der Waals surface area (Å²) >= 11 is 6.22. The van der Waals surface area contributed by atoms with E-state index < -0.39 is 9.84 Å². The molecule has 0 N–H and O–H groups in total. The first kappa shape index (κ1) is 18.2. The number of hydrogen-bond acceptors (Lipinski definition) is 5. The minimum absolute atomic E-state index is 0.0112. The number of hydrogen-bond donors (Lipinski definition) is 0. The first-order valence-corrected chi connectivity index (χ1v) is 10.4. The van der Waals surface area contributed by atoms with Gasteiger partial charge in [0.2, 0.25) is 5.89 Å². The molecule has 1 saturated heterocycles. The number of benzene rings is 1. The van der Waals surface area contributed by atoms with Crippen LogP contribution >= 0.6 is 11.6 Å². The Hall–Kier alpha value is -1.63. The van der Waals surface area contributed by atoms with Gasteiger partial charge in [0.1, 0.15) is 5.76 Å². The molecule has 0 spiro atoms. The van der Waals surface area contributed by atoms with Crippen molar-refractivity contribution in [3.05, 3.63) is 53.4 Å². The fourth-order valence-corrected chi connectivity index (χ4v) is 5.07. The van der Waals surface area contributed by atoms with Crippen LogP contribution in [0.4, 0.5) is 0 Å². The Morgan fingerprint density at radius 3 is 2.84 bits per heavy atom. The molecule has 0 radical (unpaired) electrons. The predicted molar refractivity (Wildman–Crippen MR) is 99.4 cm³/mol. The lowest BCUT2D eigenvalue weighted by atomic mass is 10.2. The highest BCUT2D eigenvalue weighted by atomic mass is 35.5. The molecule has 1 fully saturated rings. The van der Waals surface area contributed by atoms with Gasteiger partial charge in [-0.05, 0) is 25.5 Å². The lowest BCUT2D eigenvalue weighted by molar-refractivity contribution is 0.223. The Morgan fingerprint density at radius 1 is 1.44 bits per heavy atom. The van der Waals surface area contributed by atoms with E-state index in [0.29, 0.717) is 36.2 Å². The summed E-state index contributed by atoms with van der Waals surface area (Å²) in [6.07, 6.45) is 2.43. The van der Waals surface area contributed by atoms with Gasteiger partial charge < -0.3 is 4.42 Å². The van der Waals surface area contributed by atoms with Gasteiger partial charge in [0.25, 0.3) is 0 Å². The van der Waals surface area contributed by atoms with Gasteiger partial charge in [-0.2, -0.15) is 0 Å². The molecule has 3 rings (SSSR count). The van der Waals surface area contributed by atoms with E-state index in [4.69, 9.17) is 16.0 Å². The molecular formula is C18H21ClN2O3S. The second-order valence-electron chi connectivity index (χ2n) is 6.28. The van der Waals surface area contributed by atoms with Gasteiger partial charge in [-0.15, -0.1) is 6.58 Å². The summed E-state index contributed by atoms with van der Waals surface area (Å²) in [5.74, 6) is 1.63. The van der Waals surface area contributed by atoms with Crippen molar-refractivity contribution >= 4 is 21.4 Å². The third-order valence-electron chi connectivity index (χ3n) is 4.44. The highest BCUT2D eigenvalue weighted by molar-refractivity contribution is 7.91. The number of nitrogens with zero attached hydrogens (tertiary/aromatic N) is 2. The molecule has 2 heterocycles.